The average Bonchev–Trinajstić information content (AvgIpc) is 3.07. The molecule has 0 radical (unpaired) electrons. The molecule has 4 aromatic rings. The second-order valence-electron chi connectivity index (χ2n) is 5.70. The third kappa shape index (κ3) is 2.11. The van der Waals surface area contributed by atoms with Crippen LogP contribution in [0.3, 0.4) is 0 Å². The number of benzene rings is 1. The largest absolute Gasteiger partial charge is 0.495 e. The van der Waals surface area contributed by atoms with E-state index in [1.54, 1.807) is 36.9 Å². The summed E-state index contributed by atoms with van der Waals surface area (Å²) >= 11 is 6.23. The van der Waals surface area contributed by atoms with Gasteiger partial charge in [-0.25, -0.2) is 4.79 Å². The van der Waals surface area contributed by atoms with E-state index in [-0.39, 0.29) is 0 Å². The Kier molecular flexibility index (Phi) is 3.26. The van der Waals surface area contributed by atoms with Crippen molar-refractivity contribution in [2.75, 3.05) is 7.11 Å². The topological polar surface area (TPSA) is 86.3 Å². The van der Waals surface area contributed by atoms with Crippen LogP contribution in [0.2, 0.25) is 5.02 Å². The summed E-state index contributed by atoms with van der Waals surface area (Å²) in [6, 6.07) is 5.37. The number of halogens is 1. The maximum atomic E-state index is 12.2. The first-order valence-electron chi connectivity index (χ1n) is 7.45. The summed E-state index contributed by atoms with van der Waals surface area (Å²) < 4.78 is 10.0. The van der Waals surface area contributed by atoms with Gasteiger partial charge in [-0.3, -0.25) is 23.3 Å². The van der Waals surface area contributed by atoms with Crippen molar-refractivity contribution in [1.82, 2.24) is 23.5 Å². The van der Waals surface area contributed by atoms with Gasteiger partial charge in [0, 0.05) is 18.9 Å². The molecule has 8 nitrogen and oxygen atoms in total. The van der Waals surface area contributed by atoms with Crippen molar-refractivity contribution in [3.8, 4) is 11.4 Å². The first-order chi connectivity index (χ1) is 11.9. The van der Waals surface area contributed by atoms with E-state index >= 15 is 0 Å². The Morgan fingerprint density at radius 3 is 2.72 bits per heavy atom. The lowest BCUT2D eigenvalue weighted by Crippen LogP contribution is -2.28. The van der Waals surface area contributed by atoms with E-state index in [1.165, 1.54) is 4.57 Å². The van der Waals surface area contributed by atoms with Crippen molar-refractivity contribution in [3.05, 3.63) is 56.0 Å². The van der Waals surface area contributed by atoms with Crippen LogP contribution in [0.25, 0.3) is 22.6 Å². The maximum Gasteiger partial charge on any atom is 0.329 e. The molecular formula is C16H14ClN5O3. The van der Waals surface area contributed by atoms with Gasteiger partial charge < -0.3 is 4.74 Å². The van der Waals surface area contributed by atoms with Gasteiger partial charge in [-0.05, 0) is 25.1 Å². The molecule has 128 valence electrons. The molecule has 3 aromatic heterocycles. The quantitative estimate of drug-likeness (QED) is 0.589. The summed E-state index contributed by atoms with van der Waals surface area (Å²) in [6.45, 7) is 1.90. The van der Waals surface area contributed by atoms with E-state index in [4.69, 9.17) is 16.3 Å². The van der Waals surface area contributed by atoms with Crippen LogP contribution in [0.15, 0.2) is 34.0 Å². The molecule has 0 unspecified atom stereocenters. The third-order valence-corrected chi connectivity index (χ3v) is 4.49. The van der Waals surface area contributed by atoms with Crippen molar-refractivity contribution >= 4 is 28.5 Å². The Labute approximate surface area is 145 Å². The number of ether oxygens (including phenoxy) is 1. The molecule has 0 aliphatic heterocycles. The molecule has 1 N–H and O–H groups in total. The van der Waals surface area contributed by atoms with Crippen LogP contribution in [0.4, 0.5) is 0 Å². The fourth-order valence-corrected chi connectivity index (χ4v) is 3.24. The first kappa shape index (κ1) is 15.5. The van der Waals surface area contributed by atoms with E-state index in [2.05, 4.69) is 9.97 Å². The minimum absolute atomic E-state index is 0.317. The van der Waals surface area contributed by atoms with Gasteiger partial charge >= 0.3 is 5.69 Å². The highest BCUT2D eigenvalue weighted by molar-refractivity contribution is 6.32. The maximum absolute atomic E-state index is 12.2. The summed E-state index contributed by atoms with van der Waals surface area (Å²) in [5.41, 5.74) is 1.29. The van der Waals surface area contributed by atoms with Crippen LogP contribution in [-0.2, 0) is 7.05 Å². The predicted molar refractivity (Wildman–Crippen MR) is 94.2 cm³/mol. The van der Waals surface area contributed by atoms with Gasteiger partial charge in [-0.2, -0.15) is 4.98 Å². The number of nitrogens with one attached hydrogen (secondary N) is 1. The minimum Gasteiger partial charge on any atom is -0.495 e. The molecule has 0 aliphatic rings. The second kappa shape index (κ2) is 5.25. The summed E-state index contributed by atoms with van der Waals surface area (Å²) in [7, 11) is 3.11. The van der Waals surface area contributed by atoms with E-state index in [0.29, 0.717) is 27.7 Å². The number of fused-ring (bicyclic) bond motifs is 3. The molecule has 4 rings (SSSR count). The summed E-state index contributed by atoms with van der Waals surface area (Å²) in [4.78, 5) is 30.9. The number of aromatic amines is 1. The number of rotatable bonds is 2. The molecule has 0 fully saturated rings. The molecule has 0 amide bonds. The lowest BCUT2D eigenvalue weighted by atomic mass is 10.3. The molecule has 0 aliphatic carbocycles. The van der Waals surface area contributed by atoms with Crippen LogP contribution >= 0.6 is 11.6 Å². The number of nitrogens with zero attached hydrogens (tertiary/aromatic N) is 4. The number of aryl methyl sites for hydroxylation is 2. The molecule has 0 saturated carbocycles. The lowest BCUT2D eigenvalue weighted by molar-refractivity contribution is 0.415. The monoisotopic (exact) mass is 359 g/mol. The molecule has 25 heavy (non-hydrogen) atoms. The summed E-state index contributed by atoms with van der Waals surface area (Å²) in [6.07, 6.45) is 1.79. The number of methoxy groups -OCH3 is 1. The standard InChI is InChI=1S/C16H14ClN5O3/c1-8-7-21-12-13(20(2)16(24)19-14(12)23)18-15(21)22(8)9-4-5-11(25-3)10(17)6-9/h4-7H,1-3H3,(H,19,23,24). The van der Waals surface area contributed by atoms with Crippen molar-refractivity contribution in [3.63, 3.8) is 0 Å². The summed E-state index contributed by atoms with van der Waals surface area (Å²) in [5, 5.41) is 0.465. The first-order valence-corrected chi connectivity index (χ1v) is 7.83. The van der Waals surface area contributed by atoms with E-state index in [9.17, 15) is 9.59 Å². The van der Waals surface area contributed by atoms with Crippen LogP contribution in [0.1, 0.15) is 5.69 Å². The molecule has 0 bridgehead atoms. The lowest BCUT2D eigenvalue weighted by Gasteiger charge is -2.08. The highest BCUT2D eigenvalue weighted by atomic mass is 35.5. The van der Waals surface area contributed by atoms with Gasteiger partial charge in [0.25, 0.3) is 5.56 Å². The highest BCUT2D eigenvalue weighted by Gasteiger charge is 2.18. The molecule has 3 heterocycles. The Morgan fingerprint density at radius 1 is 1.28 bits per heavy atom. The second-order valence-corrected chi connectivity index (χ2v) is 6.10. The third-order valence-electron chi connectivity index (χ3n) is 4.19. The molecule has 0 saturated heterocycles. The van der Waals surface area contributed by atoms with Crippen LogP contribution in [0, 0.1) is 6.92 Å². The van der Waals surface area contributed by atoms with Crippen molar-refractivity contribution in [1.29, 1.82) is 0 Å². The van der Waals surface area contributed by atoms with Crippen molar-refractivity contribution in [2.24, 2.45) is 7.05 Å². The molecule has 0 spiro atoms. The Bertz CT molecular complexity index is 1260. The van der Waals surface area contributed by atoms with Gasteiger partial charge in [0.2, 0.25) is 5.78 Å². The SMILES string of the molecule is COc1ccc(-n2c(C)cn3c4c(=O)[nH]c(=O)n(C)c4nc23)cc1Cl. The fraction of sp³-hybridized carbons (Fsp3) is 0.188. The Morgan fingerprint density at radius 2 is 2.04 bits per heavy atom. The van der Waals surface area contributed by atoms with Crippen LogP contribution < -0.4 is 16.0 Å². The van der Waals surface area contributed by atoms with Gasteiger partial charge in [0.05, 0.1) is 17.8 Å². The minimum atomic E-state index is -0.506. The Balaban J connectivity index is 2.10. The highest BCUT2D eigenvalue weighted by Crippen LogP contribution is 2.28. The van der Waals surface area contributed by atoms with Gasteiger partial charge in [0.15, 0.2) is 11.2 Å². The summed E-state index contributed by atoms with van der Waals surface area (Å²) in [5.74, 6) is 1.08. The number of imidazole rings is 2. The van der Waals surface area contributed by atoms with Gasteiger partial charge in [-0.1, -0.05) is 11.6 Å². The molecule has 1 aromatic carbocycles. The smallest absolute Gasteiger partial charge is 0.329 e. The van der Waals surface area contributed by atoms with Crippen LogP contribution in [-0.4, -0.2) is 30.6 Å². The molecule has 9 heteroatoms. The van der Waals surface area contributed by atoms with Gasteiger partial charge in [-0.15, -0.1) is 0 Å². The number of H-pyrrole nitrogens is 1. The Hall–Kier alpha value is -3.00. The molecule has 0 atom stereocenters. The molecular weight excluding hydrogens is 346 g/mol. The average molecular weight is 360 g/mol. The van der Waals surface area contributed by atoms with Gasteiger partial charge in [0.1, 0.15) is 5.75 Å². The zero-order chi connectivity index (χ0) is 17.9. The zero-order valence-corrected chi connectivity index (χ0v) is 14.5. The fourth-order valence-electron chi connectivity index (χ4n) is 2.99. The van der Waals surface area contributed by atoms with Crippen molar-refractivity contribution < 1.29 is 4.74 Å². The predicted octanol–water partition coefficient (Wildman–Crippen LogP) is 1.64. The van der Waals surface area contributed by atoms with E-state index in [0.717, 1.165) is 11.4 Å². The number of hydrogen-bond donors (Lipinski definition) is 1. The number of aromatic nitrogens is 5. The zero-order valence-electron chi connectivity index (χ0n) is 13.7. The van der Waals surface area contributed by atoms with Crippen LogP contribution in [0.5, 0.6) is 5.75 Å². The van der Waals surface area contributed by atoms with E-state index in [1.807, 2.05) is 17.6 Å². The number of hydrogen-bond acceptors (Lipinski definition) is 4. The van der Waals surface area contributed by atoms with E-state index < -0.39 is 11.2 Å². The van der Waals surface area contributed by atoms with Crippen molar-refractivity contribution in [2.45, 2.75) is 6.92 Å². The normalized spacial score (nSPS) is 11.5.